The molecule has 1 heterocycles. The molecular formula is C23H31NO4. The van der Waals surface area contributed by atoms with Crippen LogP contribution < -0.4 is 14.2 Å². The number of ether oxygens (including phenoxy) is 3. The van der Waals surface area contributed by atoms with E-state index < -0.39 is 6.10 Å². The second-order valence-corrected chi connectivity index (χ2v) is 7.22. The van der Waals surface area contributed by atoms with Gasteiger partial charge in [-0.15, -0.1) is 0 Å². The summed E-state index contributed by atoms with van der Waals surface area (Å²) in [6.07, 6.45) is 2.78. The van der Waals surface area contributed by atoms with Crippen molar-refractivity contribution >= 4 is 0 Å². The quantitative estimate of drug-likeness (QED) is 0.678. The average molecular weight is 386 g/mol. The average Bonchev–Trinajstić information content (AvgIpc) is 3.14. The van der Waals surface area contributed by atoms with E-state index in [2.05, 4.69) is 17.0 Å². The molecule has 0 bridgehead atoms. The Morgan fingerprint density at radius 3 is 2.54 bits per heavy atom. The molecule has 0 amide bonds. The highest BCUT2D eigenvalue weighted by molar-refractivity contribution is 5.31. The van der Waals surface area contributed by atoms with Crippen LogP contribution in [0.4, 0.5) is 0 Å². The second kappa shape index (κ2) is 10.3. The number of methoxy groups -OCH3 is 1. The standard InChI is InChI=1S/C23H31NO4/c1-3-27-21-9-11-22(12-10-21)28-17-20(25)16-24-13-5-7-19(24)14-18-6-4-8-23(15-18)26-2/h4,6,8-12,15,19-20,25H,3,5,7,13-14,16-17H2,1-2H3. The number of hydrogen-bond acceptors (Lipinski definition) is 5. The maximum absolute atomic E-state index is 10.5. The highest BCUT2D eigenvalue weighted by Crippen LogP contribution is 2.23. The Bertz CT molecular complexity index is 719. The Morgan fingerprint density at radius 2 is 1.82 bits per heavy atom. The van der Waals surface area contributed by atoms with Crippen molar-refractivity contribution in [1.29, 1.82) is 0 Å². The molecular weight excluding hydrogens is 354 g/mol. The first-order valence-corrected chi connectivity index (χ1v) is 10.1. The van der Waals surface area contributed by atoms with Gasteiger partial charge in [-0.2, -0.15) is 0 Å². The lowest BCUT2D eigenvalue weighted by Crippen LogP contribution is -2.39. The summed E-state index contributed by atoms with van der Waals surface area (Å²) in [6, 6.07) is 16.2. The third kappa shape index (κ3) is 5.88. The van der Waals surface area contributed by atoms with Gasteiger partial charge in [-0.25, -0.2) is 0 Å². The Labute approximate surface area is 167 Å². The largest absolute Gasteiger partial charge is 0.497 e. The molecule has 0 aromatic heterocycles. The molecule has 0 saturated carbocycles. The number of aliphatic hydroxyl groups is 1. The van der Waals surface area contributed by atoms with E-state index >= 15 is 0 Å². The molecule has 1 aliphatic heterocycles. The molecule has 2 unspecified atom stereocenters. The Kier molecular flexibility index (Phi) is 7.57. The molecule has 5 heteroatoms. The molecule has 2 aromatic carbocycles. The van der Waals surface area contributed by atoms with Gasteiger partial charge in [0, 0.05) is 12.6 Å². The van der Waals surface area contributed by atoms with Crippen LogP contribution in [0.5, 0.6) is 17.2 Å². The zero-order valence-electron chi connectivity index (χ0n) is 16.8. The van der Waals surface area contributed by atoms with Crippen molar-refractivity contribution in [3.05, 3.63) is 54.1 Å². The van der Waals surface area contributed by atoms with Crippen LogP contribution in [-0.2, 0) is 6.42 Å². The van der Waals surface area contributed by atoms with Crippen molar-refractivity contribution in [2.24, 2.45) is 0 Å². The van der Waals surface area contributed by atoms with E-state index in [-0.39, 0.29) is 6.61 Å². The first-order chi connectivity index (χ1) is 13.7. The zero-order valence-corrected chi connectivity index (χ0v) is 16.8. The second-order valence-electron chi connectivity index (χ2n) is 7.22. The van der Waals surface area contributed by atoms with Gasteiger partial charge in [-0.05, 0) is 74.7 Å². The summed E-state index contributed by atoms with van der Waals surface area (Å²) >= 11 is 0. The highest BCUT2D eigenvalue weighted by atomic mass is 16.5. The van der Waals surface area contributed by atoms with Crippen LogP contribution in [0, 0.1) is 0 Å². The van der Waals surface area contributed by atoms with E-state index in [1.807, 2.05) is 43.3 Å². The van der Waals surface area contributed by atoms with Gasteiger partial charge in [0.2, 0.25) is 0 Å². The van der Waals surface area contributed by atoms with Crippen molar-refractivity contribution in [1.82, 2.24) is 4.90 Å². The van der Waals surface area contributed by atoms with E-state index in [4.69, 9.17) is 14.2 Å². The lowest BCUT2D eigenvalue weighted by molar-refractivity contribution is 0.0639. The molecule has 0 spiro atoms. The monoisotopic (exact) mass is 385 g/mol. The van der Waals surface area contributed by atoms with Crippen LogP contribution in [0.25, 0.3) is 0 Å². The third-order valence-electron chi connectivity index (χ3n) is 5.13. The van der Waals surface area contributed by atoms with Gasteiger partial charge in [0.15, 0.2) is 0 Å². The minimum Gasteiger partial charge on any atom is -0.497 e. The minimum atomic E-state index is -0.516. The summed E-state index contributed by atoms with van der Waals surface area (Å²) in [6.45, 7) is 4.54. The first kappa shape index (κ1) is 20.5. The van der Waals surface area contributed by atoms with Crippen molar-refractivity contribution in [3.63, 3.8) is 0 Å². The first-order valence-electron chi connectivity index (χ1n) is 10.1. The lowest BCUT2D eigenvalue weighted by Gasteiger charge is -2.27. The molecule has 2 atom stereocenters. The van der Waals surface area contributed by atoms with Crippen molar-refractivity contribution in [3.8, 4) is 17.2 Å². The van der Waals surface area contributed by atoms with E-state index in [0.717, 1.165) is 36.6 Å². The number of rotatable bonds is 10. The van der Waals surface area contributed by atoms with Gasteiger partial charge in [-0.3, -0.25) is 4.90 Å². The van der Waals surface area contributed by atoms with Crippen molar-refractivity contribution in [2.75, 3.05) is 33.4 Å². The summed E-state index contributed by atoms with van der Waals surface area (Å²) in [7, 11) is 1.70. The number of nitrogens with zero attached hydrogens (tertiary/aromatic N) is 1. The van der Waals surface area contributed by atoms with Crippen LogP contribution in [0.3, 0.4) is 0 Å². The van der Waals surface area contributed by atoms with Crippen LogP contribution >= 0.6 is 0 Å². The molecule has 1 N–H and O–H groups in total. The summed E-state index contributed by atoms with van der Waals surface area (Å²) in [5, 5.41) is 10.5. The molecule has 5 nitrogen and oxygen atoms in total. The molecule has 1 fully saturated rings. The topological polar surface area (TPSA) is 51.2 Å². The Balaban J connectivity index is 1.47. The van der Waals surface area contributed by atoms with Crippen molar-refractivity contribution < 1.29 is 19.3 Å². The third-order valence-corrected chi connectivity index (χ3v) is 5.13. The smallest absolute Gasteiger partial charge is 0.119 e. The van der Waals surface area contributed by atoms with Gasteiger partial charge < -0.3 is 19.3 Å². The molecule has 152 valence electrons. The van der Waals surface area contributed by atoms with Crippen LogP contribution in [0.15, 0.2) is 48.5 Å². The van der Waals surface area contributed by atoms with Crippen LogP contribution in [-0.4, -0.2) is 55.6 Å². The van der Waals surface area contributed by atoms with E-state index in [9.17, 15) is 5.11 Å². The SMILES string of the molecule is CCOc1ccc(OCC(O)CN2CCCC2Cc2cccc(OC)c2)cc1. The van der Waals surface area contributed by atoms with E-state index in [1.165, 1.54) is 12.0 Å². The van der Waals surface area contributed by atoms with Gasteiger partial charge in [-0.1, -0.05) is 12.1 Å². The summed E-state index contributed by atoms with van der Waals surface area (Å²) in [5.74, 6) is 2.47. The van der Waals surface area contributed by atoms with Gasteiger partial charge >= 0.3 is 0 Å². The molecule has 0 radical (unpaired) electrons. The van der Waals surface area contributed by atoms with Crippen LogP contribution in [0.1, 0.15) is 25.3 Å². The summed E-state index contributed by atoms with van der Waals surface area (Å²) in [4.78, 5) is 2.38. The maximum Gasteiger partial charge on any atom is 0.119 e. The molecule has 2 aromatic rings. The van der Waals surface area contributed by atoms with Gasteiger partial charge in [0.05, 0.1) is 13.7 Å². The van der Waals surface area contributed by atoms with E-state index in [1.54, 1.807) is 7.11 Å². The molecule has 1 aliphatic rings. The van der Waals surface area contributed by atoms with E-state index in [0.29, 0.717) is 19.2 Å². The summed E-state index contributed by atoms with van der Waals surface area (Å²) in [5.41, 5.74) is 1.27. The normalized spacial score (nSPS) is 18.0. The molecule has 3 rings (SSSR count). The molecule has 28 heavy (non-hydrogen) atoms. The van der Waals surface area contributed by atoms with Crippen molar-refractivity contribution in [2.45, 2.75) is 38.3 Å². The predicted octanol–water partition coefficient (Wildman–Crippen LogP) is 3.54. The molecule has 0 aliphatic carbocycles. The van der Waals surface area contributed by atoms with Gasteiger partial charge in [0.1, 0.15) is 30.0 Å². The fourth-order valence-electron chi connectivity index (χ4n) is 3.75. The fraction of sp³-hybridized carbons (Fsp3) is 0.478. The summed E-state index contributed by atoms with van der Waals surface area (Å²) < 4.78 is 16.5. The fourth-order valence-corrected chi connectivity index (χ4v) is 3.75. The Hall–Kier alpha value is -2.24. The number of aliphatic hydroxyl groups excluding tert-OH is 1. The number of hydrogen-bond donors (Lipinski definition) is 1. The number of likely N-dealkylation sites (tertiary alicyclic amines) is 1. The predicted molar refractivity (Wildman–Crippen MR) is 110 cm³/mol. The Morgan fingerprint density at radius 1 is 1.07 bits per heavy atom. The lowest BCUT2D eigenvalue weighted by atomic mass is 10.0. The molecule has 1 saturated heterocycles. The maximum atomic E-state index is 10.5. The number of β-amino-alcohol motifs (C(OH)–C–C–N with tert-alkyl or cyclic N) is 1. The minimum absolute atomic E-state index is 0.288. The van der Waals surface area contributed by atoms with Crippen LogP contribution in [0.2, 0.25) is 0 Å². The highest BCUT2D eigenvalue weighted by Gasteiger charge is 2.26. The zero-order chi connectivity index (χ0) is 19.8. The van der Waals surface area contributed by atoms with Gasteiger partial charge in [0.25, 0.3) is 0 Å². The number of benzene rings is 2.